The number of methoxy groups -OCH3 is 1. The molecule has 2 N–H and O–H groups in total. The maximum atomic E-state index is 11.4. The summed E-state index contributed by atoms with van der Waals surface area (Å²) in [4.78, 5) is 32.6. The summed E-state index contributed by atoms with van der Waals surface area (Å²) in [5.74, 6) is -0.0191. The Morgan fingerprint density at radius 3 is 1.18 bits per heavy atom. The van der Waals surface area contributed by atoms with Crippen molar-refractivity contribution in [2.45, 2.75) is 81.6 Å². The third-order valence-electron chi connectivity index (χ3n) is 3.60. The average molecular weight is 493 g/mol. The van der Waals surface area contributed by atoms with Gasteiger partial charge in [-0.25, -0.2) is 0 Å². The third kappa shape index (κ3) is 38.1. The van der Waals surface area contributed by atoms with Gasteiger partial charge in [0.25, 0.3) is 0 Å². The molecule has 0 aliphatic heterocycles. The summed E-state index contributed by atoms with van der Waals surface area (Å²) in [7, 11) is 1.63. The van der Waals surface area contributed by atoms with Crippen molar-refractivity contribution in [3.63, 3.8) is 0 Å². The lowest BCUT2D eigenvalue weighted by atomic mass is 9.90. The Morgan fingerprint density at radius 2 is 0.882 bits per heavy atom. The Morgan fingerprint density at radius 1 is 0.559 bits per heavy atom. The lowest BCUT2D eigenvalue weighted by Crippen LogP contribution is -2.18. The summed E-state index contributed by atoms with van der Waals surface area (Å²) in [5, 5.41) is 16.7. The van der Waals surface area contributed by atoms with Crippen LogP contribution in [-0.2, 0) is 28.6 Å². The van der Waals surface area contributed by atoms with Gasteiger partial charge >= 0.3 is 0 Å². The maximum Gasteiger partial charge on any atom is 0.158 e. The second-order valence-electron chi connectivity index (χ2n) is 11.8. The van der Waals surface area contributed by atoms with Crippen LogP contribution < -0.4 is 0 Å². The van der Waals surface area contributed by atoms with Crippen molar-refractivity contribution in [3.05, 3.63) is 0 Å². The van der Waals surface area contributed by atoms with Gasteiger partial charge in [0, 0.05) is 26.4 Å². The molecule has 0 aromatic heterocycles. The monoisotopic (exact) mass is 492 g/mol. The quantitative estimate of drug-likeness (QED) is 0.374. The van der Waals surface area contributed by atoms with Crippen LogP contribution in [0.4, 0.5) is 0 Å². The molecular weight excluding hydrogens is 440 g/mol. The van der Waals surface area contributed by atoms with E-state index < -0.39 is 0 Å². The highest BCUT2D eigenvalue weighted by Crippen LogP contribution is 2.19. The molecule has 0 aliphatic carbocycles. The van der Waals surface area contributed by atoms with Crippen LogP contribution in [0.2, 0.25) is 0 Å². The number of aliphatic hydroxyl groups excluding tert-OH is 2. The first-order valence-electron chi connectivity index (χ1n) is 11.8. The number of carbonyl (C=O) groups excluding carboxylic acids is 3. The highest BCUT2D eigenvalue weighted by atomic mass is 16.5. The van der Waals surface area contributed by atoms with Crippen molar-refractivity contribution >= 4 is 17.3 Å². The fourth-order valence-corrected chi connectivity index (χ4v) is 2.49. The molecule has 0 bridgehead atoms. The Hall–Kier alpha value is -1.19. The van der Waals surface area contributed by atoms with E-state index in [2.05, 4.69) is 0 Å². The maximum absolute atomic E-state index is 11.4. The predicted molar refractivity (Wildman–Crippen MR) is 135 cm³/mol. The second kappa shape index (κ2) is 20.0. The summed E-state index contributed by atoms with van der Waals surface area (Å²) in [6.45, 7) is 19.6. The van der Waals surface area contributed by atoms with Gasteiger partial charge in [-0.3, -0.25) is 14.4 Å². The zero-order valence-electron chi connectivity index (χ0n) is 23.4. The molecule has 0 aromatic rings. The number of Topliss-reactive ketones (excluding diaryl/α,β-unsaturated/α-hetero) is 3. The lowest BCUT2D eigenvalue weighted by Gasteiger charge is -2.16. The van der Waals surface area contributed by atoms with Crippen molar-refractivity contribution in [2.24, 2.45) is 16.2 Å². The van der Waals surface area contributed by atoms with E-state index >= 15 is 0 Å². The van der Waals surface area contributed by atoms with E-state index in [1.54, 1.807) is 7.11 Å². The van der Waals surface area contributed by atoms with Gasteiger partial charge in [0.05, 0.1) is 26.4 Å². The molecule has 0 atom stereocenters. The van der Waals surface area contributed by atoms with Crippen LogP contribution in [0.25, 0.3) is 0 Å². The predicted octanol–water partition coefficient (Wildman–Crippen LogP) is 3.64. The van der Waals surface area contributed by atoms with Crippen LogP contribution >= 0.6 is 0 Å². The molecule has 34 heavy (non-hydrogen) atoms. The fraction of sp³-hybridized carbons (Fsp3) is 0.885. The van der Waals surface area contributed by atoms with E-state index in [9.17, 15) is 14.4 Å². The highest BCUT2D eigenvalue weighted by Gasteiger charge is 2.16. The van der Waals surface area contributed by atoms with Crippen LogP contribution in [0.15, 0.2) is 0 Å². The molecule has 0 aromatic carbocycles. The Balaban J connectivity index is -0.000000457. The second-order valence-corrected chi connectivity index (χ2v) is 11.8. The summed E-state index contributed by atoms with van der Waals surface area (Å²) in [6, 6.07) is 0. The number of ether oxygens (including phenoxy) is 3. The number of carbonyl (C=O) groups is 3. The summed E-state index contributed by atoms with van der Waals surface area (Å²) in [6.07, 6.45) is 1.48. The molecule has 0 saturated carbocycles. The first-order chi connectivity index (χ1) is 15.4. The van der Waals surface area contributed by atoms with Crippen LogP contribution in [0, 0.1) is 16.2 Å². The number of ketones is 3. The van der Waals surface area contributed by atoms with Crippen LogP contribution in [0.3, 0.4) is 0 Å². The molecule has 0 amide bonds. The SMILES string of the molecule is CC(C)(C)CC(=O)CO.CC(C)(C)CC(=O)CO.COCCOCCOCC(=O)CC(C)(C)C. The third-order valence-corrected chi connectivity index (χ3v) is 3.60. The lowest BCUT2D eigenvalue weighted by molar-refractivity contribution is -0.126. The minimum atomic E-state index is -0.322. The van der Waals surface area contributed by atoms with Gasteiger partial charge in [0.2, 0.25) is 0 Å². The molecule has 0 saturated heterocycles. The average Bonchev–Trinajstić information content (AvgIpc) is 2.64. The number of hydrogen-bond donors (Lipinski definition) is 2. The number of rotatable bonds is 13. The van der Waals surface area contributed by atoms with Gasteiger partial charge in [0.1, 0.15) is 19.8 Å². The largest absolute Gasteiger partial charge is 0.389 e. The number of hydrogen-bond acceptors (Lipinski definition) is 8. The number of aliphatic hydroxyl groups is 2. The molecule has 204 valence electrons. The molecule has 0 spiro atoms. The molecule has 0 aliphatic rings. The van der Waals surface area contributed by atoms with Gasteiger partial charge in [-0.05, 0) is 16.2 Å². The van der Waals surface area contributed by atoms with E-state index in [4.69, 9.17) is 24.4 Å². The smallest absolute Gasteiger partial charge is 0.158 e. The van der Waals surface area contributed by atoms with E-state index in [0.29, 0.717) is 45.7 Å². The standard InChI is InChI=1S/C12H24O4.2C7H14O2/c1-12(2,3)9-11(13)10-16-8-7-15-6-5-14-4;2*1-7(2,3)4-6(9)5-8/h5-10H2,1-4H3;2*8H,4-5H2,1-3H3. The zero-order valence-corrected chi connectivity index (χ0v) is 23.4. The van der Waals surface area contributed by atoms with Gasteiger partial charge in [-0.15, -0.1) is 0 Å². The van der Waals surface area contributed by atoms with Crippen LogP contribution in [0.5, 0.6) is 0 Å². The molecule has 0 unspecified atom stereocenters. The molecule has 0 rings (SSSR count). The molecule has 0 fully saturated rings. The Bertz CT molecular complexity index is 508. The fourth-order valence-electron chi connectivity index (χ4n) is 2.49. The zero-order chi connectivity index (χ0) is 27.4. The van der Waals surface area contributed by atoms with Crippen molar-refractivity contribution < 1.29 is 38.8 Å². The molecule has 8 heteroatoms. The van der Waals surface area contributed by atoms with Crippen molar-refractivity contribution in [1.82, 2.24) is 0 Å². The normalized spacial score (nSPS) is 11.6. The Labute approximate surface area is 207 Å². The van der Waals surface area contributed by atoms with Crippen LogP contribution in [-0.4, -0.2) is 80.9 Å². The first kappa shape index (κ1) is 37.4. The van der Waals surface area contributed by atoms with Crippen molar-refractivity contribution in [2.75, 3.05) is 53.4 Å². The van der Waals surface area contributed by atoms with Crippen LogP contribution in [0.1, 0.15) is 81.6 Å². The summed E-state index contributed by atoms with van der Waals surface area (Å²) in [5.41, 5.74) is 0.0645. The van der Waals surface area contributed by atoms with E-state index in [0.717, 1.165) is 0 Å². The minimum Gasteiger partial charge on any atom is -0.389 e. The summed E-state index contributed by atoms with van der Waals surface area (Å²) >= 11 is 0. The first-order valence-corrected chi connectivity index (χ1v) is 11.8. The molecule has 8 nitrogen and oxygen atoms in total. The van der Waals surface area contributed by atoms with E-state index in [-0.39, 0.29) is 53.4 Å². The molecular formula is C26H52O8. The van der Waals surface area contributed by atoms with Gasteiger partial charge in [-0.2, -0.15) is 0 Å². The van der Waals surface area contributed by atoms with Crippen molar-refractivity contribution in [3.8, 4) is 0 Å². The van der Waals surface area contributed by atoms with Crippen molar-refractivity contribution in [1.29, 1.82) is 0 Å². The van der Waals surface area contributed by atoms with Gasteiger partial charge in [0.15, 0.2) is 17.3 Å². The van der Waals surface area contributed by atoms with Gasteiger partial charge < -0.3 is 24.4 Å². The summed E-state index contributed by atoms with van der Waals surface area (Å²) < 4.78 is 15.2. The Kier molecular flexibility index (Phi) is 22.0. The van der Waals surface area contributed by atoms with E-state index in [1.807, 2.05) is 62.3 Å². The molecule has 0 radical (unpaired) electrons. The highest BCUT2D eigenvalue weighted by molar-refractivity contribution is 5.80. The van der Waals surface area contributed by atoms with E-state index in [1.165, 1.54) is 0 Å². The minimum absolute atomic E-state index is 0.0137. The van der Waals surface area contributed by atoms with Gasteiger partial charge in [-0.1, -0.05) is 62.3 Å². The topological polar surface area (TPSA) is 119 Å². The molecule has 0 heterocycles.